The maximum atomic E-state index is 11.2. The molecule has 1 aromatic carbocycles. The predicted octanol–water partition coefficient (Wildman–Crippen LogP) is 3.83. The molecule has 0 amide bonds. The fourth-order valence-electron chi connectivity index (χ4n) is 3.34. The van der Waals surface area contributed by atoms with Crippen LogP contribution in [0.25, 0.3) is 0 Å². The lowest BCUT2D eigenvalue weighted by molar-refractivity contribution is 0.0695. The van der Waals surface area contributed by atoms with E-state index in [4.69, 9.17) is 0 Å². The first-order chi connectivity index (χ1) is 10.2. The van der Waals surface area contributed by atoms with Gasteiger partial charge in [-0.2, -0.15) is 0 Å². The van der Waals surface area contributed by atoms with Crippen LogP contribution in [0.15, 0.2) is 24.3 Å². The third-order valence-electron chi connectivity index (χ3n) is 4.56. The third kappa shape index (κ3) is 5.16. The van der Waals surface area contributed by atoms with Crippen LogP contribution in [-0.4, -0.2) is 36.1 Å². The van der Waals surface area contributed by atoms with E-state index in [0.717, 1.165) is 31.0 Å². The molecule has 1 fully saturated rings. The number of carboxylic acids is 1. The highest BCUT2D eigenvalue weighted by atomic mass is 16.4. The number of rotatable bonds is 6. The number of likely N-dealkylation sites (N-methyl/N-ethyl adjacent to an activating group) is 1. The van der Waals surface area contributed by atoms with E-state index >= 15 is 0 Å². The highest BCUT2D eigenvalue weighted by Crippen LogP contribution is 2.23. The standard InChI is InChI=1S/C18H27NO2/c1-19(14-15-8-4-2-3-5-9-15)13-12-16-10-6-7-11-17(16)18(20)21/h6-7,10-11,15H,2-5,8-9,12-14H2,1H3,(H,20,21). The van der Waals surface area contributed by atoms with Crippen LogP contribution in [0.5, 0.6) is 0 Å². The van der Waals surface area contributed by atoms with Crippen LogP contribution >= 0.6 is 0 Å². The summed E-state index contributed by atoms with van der Waals surface area (Å²) in [5.41, 5.74) is 1.39. The largest absolute Gasteiger partial charge is 0.478 e. The van der Waals surface area contributed by atoms with Crippen molar-refractivity contribution >= 4 is 5.97 Å². The summed E-state index contributed by atoms with van der Waals surface area (Å²) >= 11 is 0. The molecular weight excluding hydrogens is 262 g/mol. The molecule has 0 spiro atoms. The SMILES string of the molecule is CN(CCc1ccccc1C(=O)O)CC1CCCCCC1. The molecule has 1 N–H and O–H groups in total. The van der Waals surface area contributed by atoms with Crippen molar-refractivity contribution in [3.8, 4) is 0 Å². The smallest absolute Gasteiger partial charge is 0.335 e. The molecule has 0 aliphatic heterocycles. The number of hydrogen-bond donors (Lipinski definition) is 1. The molecule has 0 saturated heterocycles. The summed E-state index contributed by atoms with van der Waals surface area (Å²) in [6.07, 6.45) is 9.07. The molecule has 3 nitrogen and oxygen atoms in total. The van der Waals surface area contributed by atoms with Crippen molar-refractivity contribution in [3.63, 3.8) is 0 Å². The van der Waals surface area contributed by atoms with Gasteiger partial charge in [0.15, 0.2) is 0 Å². The lowest BCUT2D eigenvalue weighted by Gasteiger charge is -2.23. The zero-order valence-corrected chi connectivity index (χ0v) is 13.1. The van der Waals surface area contributed by atoms with Gasteiger partial charge in [-0.3, -0.25) is 0 Å². The molecular formula is C18H27NO2. The molecule has 116 valence electrons. The molecule has 0 aromatic heterocycles. The summed E-state index contributed by atoms with van der Waals surface area (Å²) < 4.78 is 0. The van der Waals surface area contributed by atoms with Crippen molar-refractivity contribution in [2.24, 2.45) is 5.92 Å². The molecule has 0 radical (unpaired) electrons. The van der Waals surface area contributed by atoms with Gasteiger partial charge in [-0.15, -0.1) is 0 Å². The predicted molar refractivity (Wildman–Crippen MR) is 85.8 cm³/mol. The van der Waals surface area contributed by atoms with Crippen molar-refractivity contribution < 1.29 is 9.90 Å². The van der Waals surface area contributed by atoms with Gasteiger partial charge >= 0.3 is 5.97 Å². The summed E-state index contributed by atoms with van der Waals surface area (Å²) in [5.74, 6) is 0.00392. The second-order valence-electron chi connectivity index (χ2n) is 6.33. The first-order valence-electron chi connectivity index (χ1n) is 8.16. The molecule has 1 saturated carbocycles. The number of carboxylic acid groups (broad SMARTS) is 1. The van der Waals surface area contributed by atoms with Gasteiger partial charge in [0.05, 0.1) is 5.56 Å². The van der Waals surface area contributed by atoms with E-state index in [-0.39, 0.29) is 0 Å². The quantitative estimate of drug-likeness (QED) is 0.809. The van der Waals surface area contributed by atoms with Crippen LogP contribution in [-0.2, 0) is 6.42 Å². The minimum Gasteiger partial charge on any atom is -0.478 e. The third-order valence-corrected chi connectivity index (χ3v) is 4.56. The van der Waals surface area contributed by atoms with Gasteiger partial charge in [-0.05, 0) is 43.9 Å². The van der Waals surface area contributed by atoms with Gasteiger partial charge in [0, 0.05) is 13.1 Å². The molecule has 3 heteroatoms. The highest BCUT2D eigenvalue weighted by Gasteiger charge is 2.15. The van der Waals surface area contributed by atoms with Gasteiger partial charge < -0.3 is 10.0 Å². The van der Waals surface area contributed by atoms with Crippen LogP contribution in [0.1, 0.15) is 54.4 Å². The highest BCUT2D eigenvalue weighted by molar-refractivity contribution is 5.89. The van der Waals surface area contributed by atoms with Crippen molar-refractivity contribution in [2.45, 2.75) is 44.9 Å². The minimum absolute atomic E-state index is 0.445. The van der Waals surface area contributed by atoms with Crippen LogP contribution in [0.4, 0.5) is 0 Å². The summed E-state index contributed by atoms with van der Waals surface area (Å²) in [6, 6.07) is 7.35. The second-order valence-corrected chi connectivity index (χ2v) is 6.33. The lowest BCUT2D eigenvalue weighted by atomic mass is 9.99. The van der Waals surface area contributed by atoms with Crippen molar-refractivity contribution in [3.05, 3.63) is 35.4 Å². The lowest BCUT2D eigenvalue weighted by Crippen LogP contribution is -2.28. The van der Waals surface area contributed by atoms with Gasteiger partial charge in [0.2, 0.25) is 0 Å². The first kappa shape index (κ1) is 16.0. The Kier molecular flexibility index (Phi) is 6.24. The summed E-state index contributed by atoms with van der Waals surface area (Å²) in [7, 11) is 2.16. The Balaban J connectivity index is 1.83. The van der Waals surface area contributed by atoms with Crippen molar-refractivity contribution in [1.29, 1.82) is 0 Å². The summed E-state index contributed by atoms with van der Waals surface area (Å²) in [4.78, 5) is 13.6. The Morgan fingerprint density at radius 2 is 1.86 bits per heavy atom. The van der Waals surface area contributed by atoms with Crippen LogP contribution in [0.2, 0.25) is 0 Å². The molecule has 2 rings (SSSR count). The Morgan fingerprint density at radius 3 is 2.52 bits per heavy atom. The monoisotopic (exact) mass is 289 g/mol. The molecule has 0 unspecified atom stereocenters. The molecule has 0 bridgehead atoms. The van der Waals surface area contributed by atoms with E-state index in [2.05, 4.69) is 11.9 Å². The van der Waals surface area contributed by atoms with Gasteiger partial charge in [0.25, 0.3) is 0 Å². The fraction of sp³-hybridized carbons (Fsp3) is 0.611. The Hall–Kier alpha value is -1.35. The van der Waals surface area contributed by atoms with E-state index < -0.39 is 5.97 Å². The van der Waals surface area contributed by atoms with Gasteiger partial charge in [-0.25, -0.2) is 4.79 Å². The molecule has 21 heavy (non-hydrogen) atoms. The van der Waals surface area contributed by atoms with E-state index in [0.29, 0.717) is 5.56 Å². The van der Waals surface area contributed by atoms with E-state index in [9.17, 15) is 9.90 Å². The molecule has 0 heterocycles. The first-order valence-corrected chi connectivity index (χ1v) is 8.16. The summed E-state index contributed by atoms with van der Waals surface area (Å²) in [5, 5.41) is 9.21. The van der Waals surface area contributed by atoms with Crippen molar-refractivity contribution in [2.75, 3.05) is 20.1 Å². The molecule has 1 aliphatic rings. The Labute approximate surface area is 128 Å². The van der Waals surface area contributed by atoms with E-state index in [1.54, 1.807) is 12.1 Å². The normalized spacial score (nSPS) is 16.9. The number of nitrogens with zero attached hydrogens (tertiary/aromatic N) is 1. The van der Waals surface area contributed by atoms with E-state index in [1.807, 2.05) is 12.1 Å². The Bertz CT molecular complexity index is 450. The average molecular weight is 289 g/mol. The number of hydrogen-bond acceptors (Lipinski definition) is 2. The maximum absolute atomic E-state index is 11.2. The second kappa shape index (κ2) is 8.18. The minimum atomic E-state index is -0.822. The van der Waals surface area contributed by atoms with Crippen LogP contribution in [0, 0.1) is 5.92 Å². The number of benzene rings is 1. The molecule has 1 aromatic rings. The van der Waals surface area contributed by atoms with Gasteiger partial charge in [-0.1, -0.05) is 43.9 Å². The molecule has 0 atom stereocenters. The average Bonchev–Trinajstić information content (AvgIpc) is 2.74. The fourth-order valence-corrected chi connectivity index (χ4v) is 3.34. The van der Waals surface area contributed by atoms with Crippen molar-refractivity contribution in [1.82, 2.24) is 4.90 Å². The summed E-state index contributed by atoms with van der Waals surface area (Å²) in [6.45, 7) is 2.08. The Morgan fingerprint density at radius 1 is 1.19 bits per heavy atom. The van der Waals surface area contributed by atoms with Crippen LogP contribution < -0.4 is 0 Å². The maximum Gasteiger partial charge on any atom is 0.335 e. The van der Waals surface area contributed by atoms with E-state index in [1.165, 1.54) is 38.5 Å². The zero-order valence-electron chi connectivity index (χ0n) is 13.1. The molecule has 1 aliphatic carbocycles. The number of carbonyl (C=O) groups is 1. The van der Waals surface area contributed by atoms with Gasteiger partial charge in [0.1, 0.15) is 0 Å². The zero-order chi connectivity index (χ0) is 15.1. The topological polar surface area (TPSA) is 40.5 Å². The number of aromatic carboxylic acids is 1. The van der Waals surface area contributed by atoms with Crippen LogP contribution in [0.3, 0.4) is 0 Å².